The highest BCUT2D eigenvalue weighted by Crippen LogP contribution is 2.39. The summed E-state index contributed by atoms with van der Waals surface area (Å²) in [5.74, 6) is -1.20. The first-order valence-corrected chi connectivity index (χ1v) is 6.04. The van der Waals surface area contributed by atoms with Gasteiger partial charge in [0.25, 0.3) is 0 Å². The predicted molar refractivity (Wildman–Crippen MR) is 63.5 cm³/mol. The SMILES string of the molecule is C=C(C)C(=O)OCCC1(C(=O)O)CCCCC1. The fourth-order valence-electron chi connectivity index (χ4n) is 2.26. The summed E-state index contributed by atoms with van der Waals surface area (Å²) in [6, 6.07) is 0. The van der Waals surface area contributed by atoms with Crippen LogP contribution in [0.3, 0.4) is 0 Å². The van der Waals surface area contributed by atoms with Crippen LogP contribution < -0.4 is 0 Å². The second kappa shape index (κ2) is 5.84. The molecule has 0 aromatic carbocycles. The van der Waals surface area contributed by atoms with Gasteiger partial charge < -0.3 is 9.84 Å². The molecule has 0 atom stereocenters. The fraction of sp³-hybridized carbons (Fsp3) is 0.692. The van der Waals surface area contributed by atoms with E-state index in [1.165, 1.54) is 0 Å². The van der Waals surface area contributed by atoms with Gasteiger partial charge in [-0.05, 0) is 26.2 Å². The number of carboxylic acid groups (broad SMARTS) is 1. The lowest BCUT2D eigenvalue weighted by Gasteiger charge is -2.32. The first-order chi connectivity index (χ1) is 7.98. The summed E-state index contributed by atoms with van der Waals surface area (Å²) in [6.45, 7) is 5.23. The summed E-state index contributed by atoms with van der Waals surface area (Å²) >= 11 is 0. The first-order valence-electron chi connectivity index (χ1n) is 6.04. The monoisotopic (exact) mass is 240 g/mol. The summed E-state index contributed by atoms with van der Waals surface area (Å²) in [5, 5.41) is 9.31. The van der Waals surface area contributed by atoms with E-state index in [1.807, 2.05) is 0 Å². The molecule has 1 rings (SSSR count). The number of aliphatic carboxylic acids is 1. The molecule has 0 aliphatic heterocycles. The van der Waals surface area contributed by atoms with Gasteiger partial charge in [-0.25, -0.2) is 4.79 Å². The van der Waals surface area contributed by atoms with Crippen molar-refractivity contribution < 1.29 is 19.4 Å². The minimum absolute atomic E-state index is 0.165. The summed E-state index contributed by atoms with van der Waals surface area (Å²) in [6.07, 6.45) is 4.77. The Morgan fingerprint density at radius 1 is 1.29 bits per heavy atom. The smallest absolute Gasteiger partial charge is 0.333 e. The number of ether oxygens (including phenoxy) is 1. The summed E-state index contributed by atoms with van der Waals surface area (Å²) in [5.41, 5.74) is -0.342. The van der Waals surface area contributed by atoms with Gasteiger partial charge in [-0.15, -0.1) is 0 Å². The molecule has 1 fully saturated rings. The average Bonchev–Trinajstić information content (AvgIpc) is 2.29. The zero-order chi connectivity index (χ0) is 12.9. The van der Waals surface area contributed by atoms with Crippen LogP contribution in [0.1, 0.15) is 45.4 Å². The largest absolute Gasteiger partial charge is 0.481 e. The molecule has 1 N–H and O–H groups in total. The lowest BCUT2D eigenvalue weighted by molar-refractivity contribution is -0.154. The quantitative estimate of drug-likeness (QED) is 0.592. The average molecular weight is 240 g/mol. The van der Waals surface area contributed by atoms with E-state index < -0.39 is 17.4 Å². The molecule has 0 aromatic rings. The minimum Gasteiger partial charge on any atom is -0.481 e. The highest BCUT2D eigenvalue weighted by Gasteiger charge is 2.39. The molecule has 17 heavy (non-hydrogen) atoms. The van der Waals surface area contributed by atoms with E-state index in [0.717, 1.165) is 19.3 Å². The van der Waals surface area contributed by atoms with Gasteiger partial charge in [0.15, 0.2) is 0 Å². The number of rotatable bonds is 5. The molecule has 1 saturated carbocycles. The highest BCUT2D eigenvalue weighted by atomic mass is 16.5. The van der Waals surface area contributed by atoms with Gasteiger partial charge in [-0.2, -0.15) is 0 Å². The highest BCUT2D eigenvalue weighted by molar-refractivity contribution is 5.86. The molecule has 1 aliphatic carbocycles. The van der Waals surface area contributed by atoms with Gasteiger partial charge in [0, 0.05) is 5.57 Å². The lowest BCUT2D eigenvalue weighted by atomic mass is 9.72. The molecule has 0 aromatic heterocycles. The van der Waals surface area contributed by atoms with E-state index in [4.69, 9.17) is 4.74 Å². The number of hydrogen-bond acceptors (Lipinski definition) is 3. The third-order valence-corrected chi connectivity index (χ3v) is 3.43. The van der Waals surface area contributed by atoms with Crippen molar-refractivity contribution >= 4 is 11.9 Å². The Balaban J connectivity index is 2.48. The van der Waals surface area contributed by atoms with Crippen LogP contribution in [0, 0.1) is 5.41 Å². The van der Waals surface area contributed by atoms with Crippen LogP contribution in [0.2, 0.25) is 0 Å². The number of carboxylic acids is 1. The van der Waals surface area contributed by atoms with Gasteiger partial charge in [-0.3, -0.25) is 4.79 Å². The Bertz CT molecular complexity index is 313. The van der Waals surface area contributed by atoms with Gasteiger partial charge >= 0.3 is 11.9 Å². The van der Waals surface area contributed by atoms with Crippen LogP contribution in [0.25, 0.3) is 0 Å². The second-order valence-corrected chi connectivity index (χ2v) is 4.81. The van der Waals surface area contributed by atoms with E-state index >= 15 is 0 Å². The molecule has 0 bridgehead atoms. The zero-order valence-corrected chi connectivity index (χ0v) is 10.3. The van der Waals surface area contributed by atoms with Crippen molar-refractivity contribution in [3.05, 3.63) is 12.2 Å². The Hall–Kier alpha value is -1.32. The van der Waals surface area contributed by atoms with Crippen LogP contribution in [-0.4, -0.2) is 23.7 Å². The number of hydrogen-bond donors (Lipinski definition) is 1. The van der Waals surface area contributed by atoms with Crippen LogP contribution >= 0.6 is 0 Å². The molecule has 0 spiro atoms. The maximum atomic E-state index is 11.3. The predicted octanol–water partition coefficient (Wildman–Crippen LogP) is 2.53. The van der Waals surface area contributed by atoms with Crippen LogP contribution in [0.15, 0.2) is 12.2 Å². The Labute approximate surface area is 102 Å². The van der Waals surface area contributed by atoms with Crippen molar-refractivity contribution in [2.45, 2.75) is 45.4 Å². The topological polar surface area (TPSA) is 63.6 Å². The van der Waals surface area contributed by atoms with Crippen LogP contribution in [0.5, 0.6) is 0 Å². The molecular weight excluding hydrogens is 220 g/mol. The molecular formula is C13H20O4. The van der Waals surface area contributed by atoms with Crippen molar-refractivity contribution in [3.8, 4) is 0 Å². The molecule has 0 saturated heterocycles. The van der Waals surface area contributed by atoms with Crippen LogP contribution in [0.4, 0.5) is 0 Å². The van der Waals surface area contributed by atoms with Gasteiger partial charge in [0.05, 0.1) is 12.0 Å². The Morgan fingerprint density at radius 2 is 1.88 bits per heavy atom. The third-order valence-electron chi connectivity index (χ3n) is 3.43. The molecule has 4 nitrogen and oxygen atoms in total. The fourth-order valence-corrected chi connectivity index (χ4v) is 2.26. The molecule has 1 aliphatic rings. The molecule has 0 radical (unpaired) electrons. The maximum Gasteiger partial charge on any atom is 0.333 e. The van der Waals surface area contributed by atoms with Crippen molar-refractivity contribution in [3.63, 3.8) is 0 Å². The zero-order valence-electron chi connectivity index (χ0n) is 10.3. The summed E-state index contributed by atoms with van der Waals surface area (Å²) in [4.78, 5) is 22.5. The van der Waals surface area contributed by atoms with Crippen molar-refractivity contribution in [2.75, 3.05) is 6.61 Å². The maximum absolute atomic E-state index is 11.3. The van der Waals surface area contributed by atoms with E-state index in [-0.39, 0.29) is 6.61 Å². The number of esters is 1. The summed E-state index contributed by atoms with van der Waals surface area (Å²) in [7, 11) is 0. The Kier molecular flexibility index (Phi) is 4.73. The number of carbonyl (C=O) groups is 2. The van der Waals surface area contributed by atoms with Crippen molar-refractivity contribution in [1.82, 2.24) is 0 Å². The van der Waals surface area contributed by atoms with Crippen LogP contribution in [-0.2, 0) is 14.3 Å². The minimum atomic E-state index is -0.761. The van der Waals surface area contributed by atoms with Crippen molar-refractivity contribution in [1.29, 1.82) is 0 Å². The first kappa shape index (κ1) is 13.7. The summed E-state index contributed by atoms with van der Waals surface area (Å²) < 4.78 is 4.98. The second-order valence-electron chi connectivity index (χ2n) is 4.81. The lowest BCUT2D eigenvalue weighted by Crippen LogP contribution is -2.34. The molecule has 0 unspecified atom stereocenters. The van der Waals surface area contributed by atoms with Crippen molar-refractivity contribution in [2.24, 2.45) is 5.41 Å². The van der Waals surface area contributed by atoms with Gasteiger partial charge in [0.1, 0.15) is 0 Å². The molecule has 0 heterocycles. The number of carbonyl (C=O) groups excluding carboxylic acids is 1. The molecule has 0 amide bonds. The van der Waals surface area contributed by atoms with Gasteiger partial charge in [-0.1, -0.05) is 25.8 Å². The Morgan fingerprint density at radius 3 is 2.35 bits per heavy atom. The van der Waals surface area contributed by atoms with E-state index in [0.29, 0.717) is 24.8 Å². The third kappa shape index (κ3) is 3.58. The molecule has 96 valence electrons. The van der Waals surface area contributed by atoms with Gasteiger partial charge in [0.2, 0.25) is 0 Å². The van der Waals surface area contributed by atoms with E-state index in [9.17, 15) is 14.7 Å². The van der Waals surface area contributed by atoms with E-state index in [1.54, 1.807) is 6.92 Å². The van der Waals surface area contributed by atoms with E-state index in [2.05, 4.69) is 6.58 Å². The molecule has 4 heteroatoms. The normalized spacial score (nSPS) is 18.4. The standard InChI is InChI=1S/C13H20O4/c1-10(2)11(14)17-9-8-13(12(15)16)6-4-3-5-7-13/h1,3-9H2,2H3,(H,15,16).